The van der Waals surface area contributed by atoms with Gasteiger partial charge in [0.15, 0.2) is 0 Å². The van der Waals surface area contributed by atoms with Crippen LogP contribution in [0.25, 0.3) is 0 Å². The molecule has 0 aliphatic carbocycles. The Morgan fingerprint density at radius 2 is 2.33 bits per heavy atom. The molecule has 1 heterocycles. The highest BCUT2D eigenvalue weighted by atomic mass is 32.1. The molecule has 6 heteroatoms. The van der Waals surface area contributed by atoms with E-state index in [1.807, 2.05) is 5.38 Å². The van der Waals surface area contributed by atoms with Gasteiger partial charge in [0.25, 0.3) is 5.91 Å². The number of carbonyl (C=O) groups is 1. The third-order valence-electron chi connectivity index (χ3n) is 2.41. The average Bonchev–Trinajstić information content (AvgIpc) is 2.84. The Hall–Kier alpha value is -1.40. The highest BCUT2D eigenvalue weighted by molar-refractivity contribution is 7.80. The zero-order valence-electron chi connectivity index (χ0n) is 9.63. The van der Waals surface area contributed by atoms with Gasteiger partial charge in [-0.3, -0.25) is 4.79 Å². The second kappa shape index (κ2) is 5.49. The lowest BCUT2D eigenvalue weighted by molar-refractivity contribution is 0.0778. The molecule has 1 amide bonds. The number of halogens is 1. The number of rotatable bonds is 3. The number of hydrogen-bond acceptors (Lipinski definition) is 4. The van der Waals surface area contributed by atoms with Crippen molar-refractivity contribution in [2.24, 2.45) is 0 Å². The Bertz CT molecular complexity index is 557. The zero-order valence-corrected chi connectivity index (χ0v) is 11.3. The van der Waals surface area contributed by atoms with Crippen molar-refractivity contribution in [2.45, 2.75) is 11.4 Å². The molecule has 0 bridgehead atoms. The van der Waals surface area contributed by atoms with Crippen LogP contribution in [0.15, 0.2) is 34.0 Å². The Balaban J connectivity index is 2.17. The van der Waals surface area contributed by atoms with Crippen LogP contribution in [0.2, 0.25) is 0 Å². The van der Waals surface area contributed by atoms with Crippen LogP contribution in [0, 0.1) is 5.82 Å². The molecule has 0 unspecified atom stereocenters. The van der Waals surface area contributed by atoms with Gasteiger partial charge < -0.3 is 4.90 Å². The van der Waals surface area contributed by atoms with Gasteiger partial charge in [-0.05, 0) is 18.2 Å². The molecule has 0 spiro atoms. The summed E-state index contributed by atoms with van der Waals surface area (Å²) in [6, 6.07) is 4.18. The molecule has 0 saturated carbocycles. The van der Waals surface area contributed by atoms with Gasteiger partial charge in [-0.1, -0.05) is 0 Å². The summed E-state index contributed by atoms with van der Waals surface area (Å²) in [6.07, 6.45) is 0. The second-order valence-electron chi connectivity index (χ2n) is 3.81. The summed E-state index contributed by atoms with van der Waals surface area (Å²) < 4.78 is 13.6. The van der Waals surface area contributed by atoms with Crippen molar-refractivity contribution in [1.29, 1.82) is 0 Å². The molecule has 0 saturated heterocycles. The van der Waals surface area contributed by atoms with E-state index < -0.39 is 5.82 Å². The number of aromatic nitrogens is 1. The van der Waals surface area contributed by atoms with E-state index in [1.165, 1.54) is 34.4 Å². The molecule has 3 nitrogen and oxygen atoms in total. The summed E-state index contributed by atoms with van der Waals surface area (Å²) in [7, 11) is 1.62. The van der Waals surface area contributed by atoms with Crippen LogP contribution in [0.3, 0.4) is 0 Å². The normalized spacial score (nSPS) is 10.4. The van der Waals surface area contributed by atoms with E-state index in [9.17, 15) is 9.18 Å². The average molecular weight is 282 g/mol. The molecule has 0 aliphatic heterocycles. The van der Waals surface area contributed by atoms with Gasteiger partial charge in [0, 0.05) is 17.3 Å². The van der Waals surface area contributed by atoms with Crippen LogP contribution in [-0.2, 0) is 6.54 Å². The van der Waals surface area contributed by atoms with Crippen molar-refractivity contribution in [3.63, 3.8) is 0 Å². The summed E-state index contributed by atoms with van der Waals surface area (Å²) in [5.41, 5.74) is 2.52. The number of carbonyl (C=O) groups excluding carboxylic acids is 1. The molecular formula is C12H11FN2OS2. The van der Waals surface area contributed by atoms with E-state index in [1.54, 1.807) is 12.6 Å². The first-order valence-corrected chi connectivity index (χ1v) is 6.58. The van der Waals surface area contributed by atoms with Crippen LogP contribution < -0.4 is 0 Å². The molecule has 1 aromatic heterocycles. The van der Waals surface area contributed by atoms with Gasteiger partial charge in [-0.15, -0.1) is 24.0 Å². The third kappa shape index (κ3) is 2.88. The lowest BCUT2D eigenvalue weighted by atomic mass is 10.2. The van der Waals surface area contributed by atoms with Crippen LogP contribution in [0.4, 0.5) is 4.39 Å². The summed E-state index contributed by atoms with van der Waals surface area (Å²) in [5.74, 6) is -0.917. The highest BCUT2D eigenvalue weighted by Gasteiger charge is 2.17. The first-order chi connectivity index (χ1) is 8.58. The maximum Gasteiger partial charge on any atom is 0.256 e. The fourth-order valence-electron chi connectivity index (χ4n) is 1.51. The number of nitrogens with zero attached hydrogens (tertiary/aromatic N) is 2. The minimum Gasteiger partial charge on any atom is -0.336 e. The number of amides is 1. The Morgan fingerprint density at radius 3 is 3.00 bits per heavy atom. The van der Waals surface area contributed by atoms with Crippen LogP contribution in [0.1, 0.15) is 16.1 Å². The van der Waals surface area contributed by atoms with Crippen molar-refractivity contribution in [2.75, 3.05) is 7.05 Å². The Labute approximate surface area is 114 Å². The summed E-state index contributed by atoms with van der Waals surface area (Å²) >= 11 is 5.56. The molecule has 0 aliphatic rings. The second-order valence-corrected chi connectivity index (χ2v) is 5.04. The van der Waals surface area contributed by atoms with Crippen molar-refractivity contribution in [1.82, 2.24) is 9.88 Å². The predicted octanol–water partition coefficient (Wildman–Crippen LogP) is 2.84. The molecule has 1 aromatic carbocycles. The number of thiol groups is 1. The number of thiazole rings is 1. The monoisotopic (exact) mass is 282 g/mol. The first-order valence-electron chi connectivity index (χ1n) is 5.19. The molecule has 18 heavy (non-hydrogen) atoms. The van der Waals surface area contributed by atoms with Gasteiger partial charge >= 0.3 is 0 Å². The number of hydrogen-bond donors (Lipinski definition) is 1. The quantitative estimate of drug-likeness (QED) is 0.878. The summed E-state index contributed by atoms with van der Waals surface area (Å²) in [6.45, 7) is 0.360. The van der Waals surface area contributed by atoms with Gasteiger partial charge in [-0.25, -0.2) is 9.37 Å². The third-order valence-corrected chi connectivity index (χ3v) is 3.32. The van der Waals surface area contributed by atoms with E-state index in [-0.39, 0.29) is 11.5 Å². The Morgan fingerprint density at radius 1 is 1.56 bits per heavy atom. The molecule has 0 radical (unpaired) electrons. The zero-order chi connectivity index (χ0) is 13.1. The minimum atomic E-state index is -0.539. The van der Waals surface area contributed by atoms with Gasteiger partial charge in [-0.2, -0.15) is 0 Å². The fraction of sp³-hybridized carbons (Fsp3) is 0.167. The van der Waals surface area contributed by atoms with E-state index in [4.69, 9.17) is 0 Å². The molecule has 0 atom stereocenters. The minimum absolute atomic E-state index is 0.0280. The standard InChI is InChI=1S/C12H11FN2OS2/c1-15(5-8-6-18-7-14-8)12(16)10-4-9(17)2-3-11(10)13/h2-4,6-7,17H,5H2,1H3. The van der Waals surface area contributed by atoms with E-state index in [2.05, 4.69) is 17.6 Å². The topological polar surface area (TPSA) is 33.2 Å². The van der Waals surface area contributed by atoms with Gasteiger partial charge in [0.2, 0.25) is 0 Å². The maximum absolute atomic E-state index is 13.6. The predicted molar refractivity (Wildman–Crippen MR) is 71.6 cm³/mol. The van der Waals surface area contributed by atoms with Crippen molar-refractivity contribution < 1.29 is 9.18 Å². The first kappa shape index (κ1) is 13.0. The van der Waals surface area contributed by atoms with Crippen molar-refractivity contribution in [3.05, 3.63) is 46.2 Å². The number of benzene rings is 1. The van der Waals surface area contributed by atoms with Crippen molar-refractivity contribution >= 4 is 29.9 Å². The SMILES string of the molecule is CN(Cc1cscn1)C(=O)c1cc(S)ccc1F. The molecule has 94 valence electrons. The highest BCUT2D eigenvalue weighted by Crippen LogP contribution is 2.16. The van der Waals surface area contributed by atoms with Crippen LogP contribution in [-0.4, -0.2) is 22.8 Å². The van der Waals surface area contributed by atoms with E-state index in [0.717, 1.165) is 5.69 Å². The van der Waals surface area contributed by atoms with E-state index in [0.29, 0.717) is 11.4 Å². The van der Waals surface area contributed by atoms with Crippen LogP contribution in [0.5, 0.6) is 0 Å². The molecule has 0 N–H and O–H groups in total. The van der Waals surface area contributed by atoms with E-state index >= 15 is 0 Å². The maximum atomic E-state index is 13.6. The van der Waals surface area contributed by atoms with Crippen LogP contribution >= 0.6 is 24.0 Å². The fourth-order valence-corrected chi connectivity index (χ4v) is 2.27. The Kier molecular flexibility index (Phi) is 3.98. The van der Waals surface area contributed by atoms with Crippen molar-refractivity contribution in [3.8, 4) is 0 Å². The van der Waals surface area contributed by atoms with Gasteiger partial charge in [0.05, 0.1) is 23.3 Å². The smallest absolute Gasteiger partial charge is 0.256 e. The van der Waals surface area contributed by atoms with Gasteiger partial charge in [0.1, 0.15) is 5.82 Å². The lowest BCUT2D eigenvalue weighted by Gasteiger charge is -2.16. The molecule has 2 rings (SSSR count). The summed E-state index contributed by atoms with van der Waals surface area (Å²) in [4.78, 5) is 18.1. The largest absolute Gasteiger partial charge is 0.336 e. The lowest BCUT2D eigenvalue weighted by Crippen LogP contribution is -2.27. The summed E-state index contributed by atoms with van der Waals surface area (Å²) in [5, 5.41) is 1.86. The molecular weight excluding hydrogens is 271 g/mol. The molecule has 0 fully saturated rings. The molecule has 2 aromatic rings.